The first-order chi connectivity index (χ1) is 7.27. The highest BCUT2D eigenvalue weighted by atomic mass is 35.5. The Labute approximate surface area is 96.1 Å². The number of pyridine rings is 1. The third kappa shape index (κ3) is 2.47. The lowest BCUT2D eigenvalue weighted by Gasteiger charge is -2.12. The second-order valence-corrected chi connectivity index (χ2v) is 3.78. The predicted octanol–water partition coefficient (Wildman–Crippen LogP) is 2.94. The first kappa shape index (κ1) is 12.8. The number of carboxylic acid groups (broad SMARTS) is 1. The van der Waals surface area contributed by atoms with Crippen LogP contribution in [0, 0.1) is 6.92 Å². The van der Waals surface area contributed by atoms with Gasteiger partial charge in [-0.1, -0.05) is 6.92 Å². The molecular formula is C10H10ClF2NO2. The van der Waals surface area contributed by atoms with E-state index in [9.17, 15) is 13.6 Å². The minimum Gasteiger partial charge on any atom is -0.478 e. The van der Waals surface area contributed by atoms with E-state index >= 15 is 0 Å². The fourth-order valence-electron chi connectivity index (χ4n) is 1.43. The van der Waals surface area contributed by atoms with Crippen molar-refractivity contribution < 1.29 is 18.7 Å². The molecule has 16 heavy (non-hydrogen) atoms. The molecule has 3 nitrogen and oxygen atoms in total. The average Bonchev–Trinajstić information content (AvgIpc) is 2.14. The van der Waals surface area contributed by atoms with Crippen LogP contribution in [0.3, 0.4) is 0 Å². The molecule has 0 saturated carbocycles. The molecule has 0 saturated heterocycles. The van der Waals surface area contributed by atoms with Crippen LogP contribution in [0.25, 0.3) is 0 Å². The number of rotatable bonds is 3. The Hall–Kier alpha value is -1.23. The molecule has 1 aromatic heterocycles. The van der Waals surface area contributed by atoms with Crippen LogP contribution < -0.4 is 0 Å². The Morgan fingerprint density at radius 2 is 2.19 bits per heavy atom. The summed E-state index contributed by atoms with van der Waals surface area (Å²) in [6.07, 6.45) is 0.253. The monoisotopic (exact) mass is 249 g/mol. The third-order valence-electron chi connectivity index (χ3n) is 2.13. The van der Waals surface area contributed by atoms with E-state index in [2.05, 4.69) is 4.98 Å². The highest BCUT2D eigenvalue weighted by Crippen LogP contribution is 2.32. The molecule has 0 aliphatic rings. The summed E-state index contributed by atoms with van der Waals surface area (Å²) in [5, 5.41) is 5.33. The van der Waals surface area contributed by atoms with Crippen LogP contribution in [-0.2, 0) is 11.8 Å². The van der Waals surface area contributed by atoms with E-state index in [-0.39, 0.29) is 23.2 Å². The Balaban J connectivity index is 3.44. The van der Waals surface area contributed by atoms with Gasteiger partial charge in [-0.3, -0.25) is 0 Å². The number of carbonyl (C=O) groups is 1. The lowest BCUT2D eigenvalue weighted by Crippen LogP contribution is -2.14. The molecular weight excluding hydrogens is 240 g/mol. The van der Waals surface area contributed by atoms with E-state index < -0.39 is 17.0 Å². The summed E-state index contributed by atoms with van der Waals surface area (Å²) in [6, 6.07) is 0.996. The maximum Gasteiger partial charge on any atom is 0.364 e. The SMILES string of the molecule is CCc1nc(C(F)(F)Cl)cc(C)c1C(=O)O. The minimum atomic E-state index is -3.58. The van der Waals surface area contributed by atoms with Crippen LogP contribution in [0.2, 0.25) is 0 Å². The Morgan fingerprint density at radius 1 is 1.62 bits per heavy atom. The molecule has 0 spiro atoms. The zero-order chi connectivity index (χ0) is 12.5. The lowest BCUT2D eigenvalue weighted by molar-refractivity contribution is 0.0690. The molecule has 0 atom stereocenters. The molecule has 88 valence electrons. The number of alkyl halides is 3. The van der Waals surface area contributed by atoms with Gasteiger partial charge in [0.25, 0.3) is 0 Å². The van der Waals surface area contributed by atoms with Crippen molar-refractivity contribution in [3.8, 4) is 0 Å². The van der Waals surface area contributed by atoms with Gasteiger partial charge in [0.15, 0.2) is 0 Å². The van der Waals surface area contributed by atoms with Crippen LogP contribution in [0.4, 0.5) is 8.78 Å². The van der Waals surface area contributed by atoms with Crippen molar-refractivity contribution in [1.82, 2.24) is 4.98 Å². The predicted molar refractivity (Wildman–Crippen MR) is 55.1 cm³/mol. The standard InChI is InChI=1S/C10H10ClF2NO2/c1-3-6-8(9(15)16)5(2)4-7(14-6)10(11,12)13/h4H,3H2,1-2H3,(H,15,16). The molecule has 1 aromatic rings. The number of halogens is 3. The van der Waals surface area contributed by atoms with Gasteiger partial charge in [0.1, 0.15) is 5.69 Å². The van der Waals surface area contributed by atoms with E-state index in [4.69, 9.17) is 16.7 Å². The van der Waals surface area contributed by atoms with Gasteiger partial charge in [-0.2, -0.15) is 8.78 Å². The van der Waals surface area contributed by atoms with E-state index in [1.807, 2.05) is 0 Å². The molecule has 0 radical (unpaired) electrons. The summed E-state index contributed by atoms with van der Waals surface area (Å²) in [4.78, 5) is 14.5. The topological polar surface area (TPSA) is 50.2 Å². The molecule has 0 unspecified atom stereocenters. The second-order valence-electron chi connectivity index (χ2n) is 3.30. The Bertz CT molecular complexity index is 430. The summed E-state index contributed by atoms with van der Waals surface area (Å²) in [5.74, 6) is -1.17. The van der Waals surface area contributed by atoms with Gasteiger partial charge in [-0.25, -0.2) is 9.78 Å². The summed E-state index contributed by atoms with van der Waals surface area (Å²) < 4.78 is 25.7. The lowest BCUT2D eigenvalue weighted by atomic mass is 10.0. The van der Waals surface area contributed by atoms with Crippen molar-refractivity contribution in [1.29, 1.82) is 0 Å². The molecule has 1 N–H and O–H groups in total. The zero-order valence-corrected chi connectivity index (χ0v) is 9.48. The first-order valence-electron chi connectivity index (χ1n) is 4.58. The fraction of sp³-hybridized carbons (Fsp3) is 0.400. The van der Waals surface area contributed by atoms with Crippen LogP contribution in [0.15, 0.2) is 6.07 Å². The zero-order valence-electron chi connectivity index (χ0n) is 8.72. The van der Waals surface area contributed by atoms with E-state index in [0.717, 1.165) is 6.07 Å². The van der Waals surface area contributed by atoms with Crippen molar-refractivity contribution in [3.63, 3.8) is 0 Å². The van der Waals surface area contributed by atoms with Crippen molar-refractivity contribution in [2.24, 2.45) is 0 Å². The molecule has 1 rings (SSSR count). The van der Waals surface area contributed by atoms with Gasteiger partial charge in [0.2, 0.25) is 0 Å². The van der Waals surface area contributed by atoms with Crippen LogP contribution >= 0.6 is 11.6 Å². The highest BCUT2D eigenvalue weighted by molar-refractivity contribution is 6.21. The summed E-state index contributed by atoms with van der Waals surface area (Å²) in [7, 11) is 0. The summed E-state index contributed by atoms with van der Waals surface area (Å²) >= 11 is 4.85. The van der Waals surface area contributed by atoms with Gasteiger partial charge in [0, 0.05) is 0 Å². The van der Waals surface area contributed by atoms with Gasteiger partial charge in [-0.15, -0.1) is 0 Å². The number of carboxylic acids is 1. The first-order valence-corrected chi connectivity index (χ1v) is 4.96. The fourth-order valence-corrected chi connectivity index (χ4v) is 1.53. The number of hydrogen-bond acceptors (Lipinski definition) is 2. The number of nitrogens with zero attached hydrogens (tertiary/aromatic N) is 1. The molecule has 0 fully saturated rings. The number of aromatic nitrogens is 1. The summed E-state index contributed by atoms with van der Waals surface area (Å²) in [5.41, 5.74) is -0.307. The number of hydrogen-bond donors (Lipinski definition) is 1. The average molecular weight is 250 g/mol. The van der Waals surface area contributed by atoms with Crippen LogP contribution in [0.5, 0.6) is 0 Å². The maximum absolute atomic E-state index is 12.8. The van der Waals surface area contributed by atoms with Crippen molar-refractivity contribution >= 4 is 17.6 Å². The van der Waals surface area contributed by atoms with E-state index in [0.29, 0.717) is 0 Å². The normalized spacial score (nSPS) is 11.6. The van der Waals surface area contributed by atoms with Gasteiger partial charge in [0.05, 0.1) is 11.3 Å². The van der Waals surface area contributed by atoms with E-state index in [1.165, 1.54) is 6.92 Å². The van der Waals surface area contributed by atoms with E-state index in [1.54, 1.807) is 6.92 Å². The number of aromatic carboxylic acids is 1. The molecule has 0 amide bonds. The molecule has 1 heterocycles. The maximum atomic E-state index is 12.8. The second kappa shape index (κ2) is 4.33. The van der Waals surface area contributed by atoms with Crippen LogP contribution in [-0.4, -0.2) is 16.1 Å². The highest BCUT2D eigenvalue weighted by Gasteiger charge is 2.31. The number of aryl methyl sites for hydroxylation is 2. The quantitative estimate of drug-likeness (QED) is 0.838. The minimum absolute atomic E-state index is 0.0350. The smallest absolute Gasteiger partial charge is 0.364 e. The Kier molecular flexibility index (Phi) is 3.48. The molecule has 6 heteroatoms. The Morgan fingerprint density at radius 3 is 2.56 bits per heavy atom. The van der Waals surface area contributed by atoms with Gasteiger partial charge in [-0.05, 0) is 36.6 Å². The van der Waals surface area contributed by atoms with Gasteiger partial charge >= 0.3 is 11.4 Å². The van der Waals surface area contributed by atoms with Crippen LogP contribution in [0.1, 0.15) is 34.2 Å². The van der Waals surface area contributed by atoms with Crippen molar-refractivity contribution in [2.75, 3.05) is 0 Å². The van der Waals surface area contributed by atoms with Gasteiger partial charge < -0.3 is 5.11 Å². The molecule has 0 aliphatic carbocycles. The van der Waals surface area contributed by atoms with Crippen molar-refractivity contribution in [3.05, 3.63) is 28.6 Å². The van der Waals surface area contributed by atoms with Crippen molar-refractivity contribution in [2.45, 2.75) is 25.7 Å². The molecule has 0 aromatic carbocycles. The summed E-state index contributed by atoms with van der Waals surface area (Å²) in [6.45, 7) is 3.08. The molecule has 0 bridgehead atoms. The largest absolute Gasteiger partial charge is 0.478 e. The third-order valence-corrected chi connectivity index (χ3v) is 2.32. The molecule has 0 aliphatic heterocycles.